The van der Waals surface area contributed by atoms with Crippen LogP contribution in [0.1, 0.15) is 49.3 Å². The maximum atomic E-state index is 14.2. The second-order valence-electron chi connectivity index (χ2n) is 5.65. The SMILES string of the molecule is NC(c1cc2c(cc1F)NC(=O)CC2)C1CCCC1. The summed E-state index contributed by atoms with van der Waals surface area (Å²) in [4.78, 5) is 11.3. The second kappa shape index (κ2) is 4.93. The van der Waals surface area contributed by atoms with Crippen molar-refractivity contribution in [1.29, 1.82) is 0 Å². The minimum absolute atomic E-state index is 0.0419. The number of halogens is 1. The van der Waals surface area contributed by atoms with Crippen LogP contribution < -0.4 is 11.1 Å². The van der Waals surface area contributed by atoms with Crippen molar-refractivity contribution in [3.63, 3.8) is 0 Å². The van der Waals surface area contributed by atoms with Gasteiger partial charge in [0.05, 0.1) is 0 Å². The van der Waals surface area contributed by atoms with Gasteiger partial charge in [0.15, 0.2) is 0 Å². The third kappa shape index (κ3) is 2.37. The van der Waals surface area contributed by atoms with Crippen molar-refractivity contribution in [2.75, 3.05) is 5.32 Å². The lowest BCUT2D eigenvalue weighted by atomic mass is 9.89. The van der Waals surface area contributed by atoms with Crippen LogP contribution in [0, 0.1) is 11.7 Å². The topological polar surface area (TPSA) is 55.1 Å². The quantitative estimate of drug-likeness (QED) is 0.861. The highest BCUT2D eigenvalue weighted by Crippen LogP contribution is 2.37. The standard InChI is InChI=1S/C15H19FN2O/c16-12-8-13-10(5-6-14(19)18-13)7-11(12)15(17)9-3-1-2-4-9/h7-9,15H,1-6,17H2,(H,18,19). The molecule has 102 valence electrons. The Hall–Kier alpha value is -1.42. The zero-order valence-electron chi connectivity index (χ0n) is 10.9. The summed E-state index contributed by atoms with van der Waals surface area (Å²) in [6.45, 7) is 0. The molecule has 0 radical (unpaired) electrons. The molecule has 2 aliphatic rings. The van der Waals surface area contributed by atoms with Gasteiger partial charge < -0.3 is 11.1 Å². The Morgan fingerprint density at radius 1 is 1.26 bits per heavy atom. The average molecular weight is 262 g/mol. The molecule has 0 spiro atoms. The molecule has 3 rings (SSSR count). The number of nitrogens with one attached hydrogen (secondary N) is 1. The normalized spacial score (nSPS) is 21.1. The average Bonchev–Trinajstić information content (AvgIpc) is 2.91. The van der Waals surface area contributed by atoms with Gasteiger partial charge in [-0.3, -0.25) is 4.79 Å². The van der Waals surface area contributed by atoms with Gasteiger partial charge in [0, 0.05) is 23.7 Å². The van der Waals surface area contributed by atoms with Gasteiger partial charge in [-0.1, -0.05) is 12.8 Å². The molecule has 1 fully saturated rings. The molecule has 1 unspecified atom stereocenters. The molecule has 1 aromatic carbocycles. The second-order valence-corrected chi connectivity index (χ2v) is 5.65. The highest BCUT2D eigenvalue weighted by atomic mass is 19.1. The summed E-state index contributed by atoms with van der Waals surface area (Å²) in [6, 6.07) is 3.06. The fourth-order valence-electron chi connectivity index (χ4n) is 3.25. The van der Waals surface area contributed by atoms with E-state index in [0.29, 0.717) is 30.0 Å². The number of anilines is 1. The molecule has 1 aliphatic carbocycles. The van der Waals surface area contributed by atoms with Crippen molar-refractivity contribution in [2.45, 2.75) is 44.6 Å². The van der Waals surface area contributed by atoms with E-state index in [1.807, 2.05) is 6.07 Å². The molecule has 3 N–H and O–H groups in total. The van der Waals surface area contributed by atoms with Crippen LogP contribution in [0.4, 0.5) is 10.1 Å². The van der Waals surface area contributed by atoms with Gasteiger partial charge in [0.2, 0.25) is 5.91 Å². The van der Waals surface area contributed by atoms with E-state index >= 15 is 0 Å². The predicted octanol–water partition coefficient (Wildman–Crippen LogP) is 2.90. The molecule has 1 atom stereocenters. The largest absolute Gasteiger partial charge is 0.326 e. The summed E-state index contributed by atoms with van der Waals surface area (Å²) in [5.74, 6) is 0.0609. The minimum atomic E-state index is -0.291. The van der Waals surface area contributed by atoms with Crippen molar-refractivity contribution in [1.82, 2.24) is 0 Å². The molecule has 1 heterocycles. The molecule has 0 saturated heterocycles. The summed E-state index contributed by atoms with van der Waals surface area (Å²) in [7, 11) is 0. The Morgan fingerprint density at radius 2 is 2.00 bits per heavy atom. The van der Waals surface area contributed by atoms with E-state index in [1.54, 1.807) is 0 Å². The summed E-state index contributed by atoms with van der Waals surface area (Å²) >= 11 is 0. The number of amides is 1. The molecule has 1 aromatic rings. The van der Waals surface area contributed by atoms with E-state index in [4.69, 9.17) is 5.73 Å². The molecule has 3 nitrogen and oxygen atoms in total. The number of benzene rings is 1. The van der Waals surface area contributed by atoms with Gasteiger partial charge in [0.25, 0.3) is 0 Å². The summed E-state index contributed by atoms with van der Waals surface area (Å²) < 4.78 is 14.2. The fraction of sp³-hybridized carbons (Fsp3) is 0.533. The molecule has 19 heavy (non-hydrogen) atoms. The molecule has 1 saturated carbocycles. The molecular weight excluding hydrogens is 243 g/mol. The molecule has 0 aromatic heterocycles. The number of hydrogen-bond acceptors (Lipinski definition) is 2. The van der Waals surface area contributed by atoms with Gasteiger partial charge in [-0.15, -0.1) is 0 Å². The highest BCUT2D eigenvalue weighted by Gasteiger charge is 2.27. The number of rotatable bonds is 2. The monoisotopic (exact) mass is 262 g/mol. The van der Waals surface area contributed by atoms with Crippen LogP contribution in [-0.2, 0) is 11.2 Å². The summed E-state index contributed by atoms with van der Waals surface area (Å²) in [6.07, 6.45) is 5.72. The molecule has 1 aliphatic heterocycles. The Morgan fingerprint density at radius 3 is 2.74 bits per heavy atom. The van der Waals surface area contributed by atoms with Crippen LogP contribution in [0.2, 0.25) is 0 Å². The van der Waals surface area contributed by atoms with Crippen molar-refractivity contribution in [3.05, 3.63) is 29.1 Å². The highest BCUT2D eigenvalue weighted by molar-refractivity contribution is 5.93. The Labute approximate surface area is 112 Å². The third-order valence-electron chi connectivity index (χ3n) is 4.38. The van der Waals surface area contributed by atoms with Gasteiger partial charge >= 0.3 is 0 Å². The number of nitrogens with two attached hydrogens (primary N) is 1. The molecule has 4 heteroatoms. The summed E-state index contributed by atoms with van der Waals surface area (Å²) in [5, 5.41) is 2.72. The Bertz CT molecular complexity index is 509. The maximum absolute atomic E-state index is 14.2. The van der Waals surface area contributed by atoms with E-state index in [-0.39, 0.29) is 17.8 Å². The third-order valence-corrected chi connectivity index (χ3v) is 4.38. The van der Waals surface area contributed by atoms with Crippen LogP contribution in [0.3, 0.4) is 0 Å². The van der Waals surface area contributed by atoms with Crippen LogP contribution in [0.25, 0.3) is 0 Å². The molecule has 1 amide bonds. The van der Waals surface area contributed by atoms with Crippen LogP contribution in [-0.4, -0.2) is 5.91 Å². The van der Waals surface area contributed by atoms with E-state index in [1.165, 1.54) is 18.9 Å². The van der Waals surface area contributed by atoms with Crippen molar-refractivity contribution < 1.29 is 9.18 Å². The van der Waals surface area contributed by atoms with Crippen molar-refractivity contribution in [3.8, 4) is 0 Å². The summed E-state index contributed by atoms with van der Waals surface area (Å²) in [5.41, 5.74) is 8.46. The predicted molar refractivity (Wildman–Crippen MR) is 72.2 cm³/mol. The van der Waals surface area contributed by atoms with Crippen LogP contribution in [0.5, 0.6) is 0 Å². The number of hydrogen-bond donors (Lipinski definition) is 2. The van der Waals surface area contributed by atoms with Gasteiger partial charge in [0.1, 0.15) is 5.82 Å². The van der Waals surface area contributed by atoms with Gasteiger partial charge in [-0.2, -0.15) is 0 Å². The first-order valence-corrected chi connectivity index (χ1v) is 7.03. The van der Waals surface area contributed by atoms with E-state index in [2.05, 4.69) is 5.32 Å². The first-order chi connectivity index (χ1) is 9.15. The number of carbonyl (C=O) groups excluding carboxylic acids is 1. The Balaban J connectivity index is 1.91. The zero-order chi connectivity index (χ0) is 13.4. The first-order valence-electron chi connectivity index (χ1n) is 7.03. The first kappa shape index (κ1) is 12.6. The molecular formula is C15H19FN2O. The number of aryl methyl sites for hydroxylation is 1. The van der Waals surface area contributed by atoms with Crippen LogP contribution in [0.15, 0.2) is 12.1 Å². The van der Waals surface area contributed by atoms with Gasteiger partial charge in [-0.05, 0) is 42.9 Å². The lowest BCUT2D eigenvalue weighted by Gasteiger charge is -2.23. The number of carbonyl (C=O) groups is 1. The van der Waals surface area contributed by atoms with Gasteiger partial charge in [-0.25, -0.2) is 4.39 Å². The fourth-order valence-corrected chi connectivity index (χ4v) is 3.25. The van der Waals surface area contributed by atoms with E-state index < -0.39 is 0 Å². The minimum Gasteiger partial charge on any atom is -0.326 e. The van der Waals surface area contributed by atoms with E-state index in [9.17, 15) is 9.18 Å². The van der Waals surface area contributed by atoms with E-state index in [0.717, 1.165) is 18.4 Å². The maximum Gasteiger partial charge on any atom is 0.224 e. The molecule has 0 bridgehead atoms. The lowest BCUT2D eigenvalue weighted by Crippen LogP contribution is -2.23. The van der Waals surface area contributed by atoms with Crippen molar-refractivity contribution in [2.24, 2.45) is 11.7 Å². The number of fused-ring (bicyclic) bond motifs is 1. The smallest absolute Gasteiger partial charge is 0.224 e. The van der Waals surface area contributed by atoms with Crippen LogP contribution >= 0.6 is 0 Å². The lowest BCUT2D eigenvalue weighted by molar-refractivity contribution is -0.116. The van der Waals surface area contributed by atoms with Crippen molar-refractivity contribution >= 4 is 11.6 Å². The zero-order valence-corrected chi connectivity index (χ0v) is 10.9. The Kier molecular flexibility index (Phi) is 3.27.